The number of piperazine rings is 1. The van der Waals surface area contributed by atoms with Crippen LogP contribution in [-0.4, -0.2) is 71.4 Å². The molecular weight excluding hydrogens is 340 g/mol. The van der Waals surface area contributed by atoms with Gasteiger partial charge in [-0.15, -0.1) is 0 Å². The molecule has 2 aliphatic heterocycles. The van der Waals surface area contributed by atoms with Gasteiger partial charge in [0.05, 0.1) is 12.2 Å². The second kappa shape index (κ2) is 8.23. The smallest absolute Gasteiger partial charge is 0.236 e. The van der Waals surface area contributed by atoms with Gasteiger partial charge in [-0.1, -0.05) is 18.2 Å². The van der Waals surface area contributed by atoms with Crippen LogP contribution in [0.3, 0.4) is 0 Å². The fourth-order valence-corrected chi connectivity index (χ4v) is 3.85. The Morgan fingerprint density at radius 1 is 1.00 bits per heavy atom. The lowest BCUT2D eigenvalue weighted by molar-refractivity contribution is -0.131. The van der Waals surface area contributed by atoms with Crippen LogP contribution < -0.4 is 0 Å². The van der Waals surface area contributed by atoms with E-state index in [-0.39, 0.29) is 0 Å². The van der Waals surface area contributed by atoms with E-state index in [1.807, 2.05) is 42.2 Å². The molecule has 1 aromatic heterocycles. The molecule has 2 fully saturated rings. The first-order chi connectivity index (χ1) is 13.2. The molecule has 0 radical (unpaired) electrons. The molecule has 0 spiro atoms. The number of hydrogen-bond acceptors (Lipinski definition) is 5. The fraction of sp³-hybridized carbons (Fsp3) is 0.524. The third-order valence-corrected chi connectivity index (χ3v) is 5.57. The standard InChI is InChI=1S/C21H28N4O2/c1-17-19(22-21(27-17)18-7-3-2-4-8-18)15-23-11-13-24(14-12-23)16-20(26)25-9-5-6-10-25/h2-4,7-8H,5-6,9-16H2,1H3. The Morgan fingerprint density at radius 3 is 2.37 bits per heavy atom. The number of benzene rings is 1. The zero-order valence-corrected chi connectivity index (χ0v) is 16.1. The topological polar surface area (TPSA) is 52.8 Å². The highest BCUT2D eigenvalue weighted by Gasteiger charge is 2.24. The number of aromatic nitrogens is 1. The number of aryl methyl sites for hydroxylation is 1. The molecule has 144 valence electrons. The third kappa shape index (κ3) is 4.39. The highest BCUT2D eigenvalue weighted by Crippen LogP contribution is 2.22. The van der Waals surface area contributed by atoms with Gasteiger partial charge < -0.3 is 9.32 Å². The van der Waals surface area contributed by atoms with Crippen molar-refractivity contribution in [3.63, 3.8) is 0 Å². The molecule has 6 nitrogen and oxygen atoms in total. The van der Waals surface area contributed by atoms with Gasteiger partial charge in [0.15, 0.2) is 0 Å². The normalized spacial score (nSPS) is 18.9. The summed E-state index contributed by atoms with van der Waals surface area (Å²) in [7, 11) is 0. The van der Waals surface area contributed by atoms with Gasteiger partial charge in [-0.25, -0.2) is 4.98 Å². The lowest BCUT2D eigenvalue weighted by Gasteiger charge is -2.34. The van der Waals surface area contributed by atoms with E-state index in [1.54, 1.807) is 0 Å². The molecule has 1 aromatic carbocycles. The van der Waals surface area contributed by atoms with Crippen molar-refractivity contribution < 1.29 is 9.21 Å². The summed E-state index contributed by atoms with van der Waals surface area (Å²) < 4.78 is 5.87. The Bertz CT molecular complexity index is 760. The second-order valence-corrected chi connectivity index (χ2v) is 7.53. The monoisotopic (exact) mass is 368 g/mol. The zero-order chi connectivity index (χ0) is 18.6. The van der Waals surface area contributed by atoms with Crippen LogP contribution in [0.2, 0.25) is 0 Å². The minimum absolute atomic E-state index is 0.292. The Kier molecular flexibility index (Phi) is 5.55. The Hall–Kier alpha value is -2.18. The van der Waals surface area contributed by atoms with Crippen molar-refractivity contribution in [3.8, 4) is 11.5 Å². The van der Waals surface area contributed by atoms with Gasteiger partial charge >= 0.3 is 0 Å². The number of nitrogens with zero attached hydrogens (tertiary/aromatic N) is 4. The lowest BCUT2D eigenvalue weighted by atomic mass is 10.2. The summed E-state index contributed by atoms with van der Waals surface area (Å²) in [5, 5.41) is 0. The van der Waals surface area contributed by atoms with Gasteiger partial charge in [0.1, 0.15) is 5.76 Å². The molecule has 2 aliphatic rings. The van der Waals surface area contributed by atoms with E-state index >= 15 is 0 Å². The zero-order valence-electron chi connectivity index (χ0n) is 16.1. The van der Waals surface area contributed by atoms with Gasteiger partial charge in [-0.3, -0.25) is 14.6 Å². The van der Waals surface area contributed by atoms with E-state index in [4.69, 9.17) is 9.40 Å². The van der Waals surface area contributed by atoms with Crippen LogP contribution in [0.1, 0.15) is 24.3 Å². The maximum Gasteiger partial charge on any atom is 0.236 e. The average molecular weight is 368 g/mol. The number of oxazole rings is 1. The van der Waals surface area contributed by atoms with Gasteiger partial charge in [0, 0.05) is 51.4 Å². The second-order valence-electron chi connectivity index (χ2n) is 7.53. The van der Waals surface area contributed by atoms with Crippen LogP contribution in [0.25, 0.3) is 11.5 Å². The molecule has 0 aliphatic carbocycles. The first-order valence-electron chi connectivity index (χ1n) is 9.93. The molecule has 0 bridgehead atoms. The van der Waals surface area contributed by atoms with Crippen LogP contribution >= 0.6 is 0 Å². The molecular formula is C21H28N4O2. The molecule has 4 rings (SSSR count). The minimum atomic E-state index is 0.292. The molecule has 27 heavy (non-hydrogen) atoms. The molecule has 0 unspecified atom stereocenters. The van der Waals surface area contributed by atoms with Crippen LogP contribution in [0.15, 0.2) is 34.7 Å². The van der Waals surface area contributed by atoms with Gasteiger partial charge in [0.2, 0.25) is 11.8 Å². The lowest BCUT2D eigenvalue weighted by Crippen LogP contribution is -2.49. The maximum absolute atomic E-state index is 12.3. The van der Waals surface area contributed by atoms with Crippen molar-refractivity contribution in [2.45, 2.75) is 26.3 Å². The van der Waals surface area contributed by atoms with Crippen molar-refractivity contribution in [1.29, 1.82) is 0 Å². The molecule has 3 heterocycles. The summed E-state index contributed by atoms with van der Waals surface area (Å²) in [6, 6.07) is 10.0. The molecule has 0 saturated carbocycles. The van der Waals surface area contributed by atoms with E-state index in [9.17, 15) is 4.79 Å². The van der Waals surface area contributed by atoms with Gasteiger partial charge in [-0.2, -0.15) is 0 Å². The number of hydrogen-bond donors (Lipinski definition) is 0. The molecule has 6 heteroatoms. The van der Waals surface area contributed by atoms with E-state index in [2.05, 4.69) is 9.80 Å². The van der Waals surface area contributed by atoms with Gasteiger partial charge in [0.25, 0.3) is 0 Å². The summed E-state index contributed by atoms with van der Waals surface area (Å²) in [6.45, 7) is 9.01. The summed E-state index contributed by atoms with van der Waals surface area (Å²) in [6.07, 6.45) is 2.31. The first kappa shape index (κ1) is 18.2. The number of rotatable bonds is 5. The number of carbonyl (C=O) groups excluding carboxylic acids is 1. The van der Waals surface area contributed by atoms with Crippen LogP contribution in [-0.2, 0) is 11.3 Å². The summed E-state index contributed by atoms with van der Waals surface area (Å²) >= 11 is 0. The summed E-state index contributed by atoms with van der Waals surface area (Å²) in [4.78, 5) is 23.7. The Balaban J connectivity index is 1.29. The Morgan fingerprint density at radius 2 is 1.67 bits per heavy atom. The van der Waals surface area contributed by atoms with Crippen LogP contribution in [0.4, 0.5) is 0 Å². The molecule has 1 amide bonds. The quantitative estimate of drug-likeness (QED) is 0.811. The number of carbonyl (C=O) groups is 1. The summed E-state index contributed by atoms with van der Waals surface area (Å²) in [5.41, 5.74) is 2.02. The van der Waals surface area contributed by atoms with E-state index in [0.29, 0.717) is 18.3 Å². The predicted molar refractivity (Wildman–Crippen MR) is 104 cm³/mol. The molecule has 0 N–H and O–H groups in total. The van der Waals surface area contributed by atoms with Gasteiger partial charge in [-0.05, 0) is 31.9 Å². The maximum atomic E-state index is 12.3. The highest BCUT2D eigenvalue weighted by atomic mass is 16.4. The summed E-state index contributed by atoms with van der Waals surface area (Å²) in [5.74, 6) is 1.87. The fourth-order valence-electron chi connectivity index (χ4n) is 3.85. The van der Waals surface area contributed by atoms with Crippen molar-refractivity contribution >= 4 is 5.91 Å². The van der Waals surface area contributed by atoms with E-state index < -0.39 is 0 Å². The predicted octanol–water partition coefficient (Wildman–Crippen LogP) is 2.39. The van der Waals surface area contributed by atoms with Crippen molar-refractivity contribution in [2.75, 3.05) is 45.8 Å². The molecule has 2 aromatic rings. The number of amides is 1. The average Bonchev–Trinajstić information content (AvgIpc) is 3.35. The first-order valence-corrected chi connectivity index (χ1v) is 9.93. The minimum Gasteiger partial charge on any atom is -0.441 e. The molecule has 2 saturated heterocycles. The number of likely N-dealkylation sites (tertiary alicyclic amines) is 1. The van der Waals surface area contributed by atoms with Crippen LogP contribution in [0, 0.1) is 6.92 Å². The Labute approximate surface area is 160 Å². The largest absolute Gasteiger partial charge is 0.441 e. The van der Waals surface area contributed by atoms with Crippen molar-refractivity contribution in [2.24, 2.45) is 0 Å². The molecule has 0 atom stereocenters. The van der Waals surface area contributed by atoms with E-state index in [0.717, 1.165) is 75.7 Å². The van der Waals surface area contributed by atoms with Crippen LogP contribution in [0.5, 0.6) is 0 Å². The van der Waals surface area contributed by atoms with Crippen molar-refractivity contribution in [1.82, 2.24) is 19.7 Å². The SMILES string of the molecule is Cc1oc(-c2ccccc2)nc1CN1CCN(CC(=O)N2CCCC2)CC1. The highest BCUT2D eigenvalue weighted by molar-refractivity contribution is 5.78. The third-order valence-electron chi connectivity index (χ3n) is 5.57. The van der Waals surface area contributed by atoms with Crippen molar-refractivity contribution in [3.05, 3.63) is 41.8 Å². The van der Waals surface area contributed by atoms with E-state index in [1.165, 1.54) is 0 Å².